The lowest BCUT2D eigenvalue weighted by molar-refractivity contribution is 0.608. The SMILES string of the molecule is CC(C)c1c(CCS(=O)(=O)Cl)nnn1C. The Kier molecular flexibility index (Phi) is 3.72. The fourth-order valence-electron chi connectivity index (χ4n) is 1.51. The second-order valence-electron chi connectivity index (χ2n) is 3.69. The average Bonchev–Trinajstić information content (AvgIpc) is 2.42. The molecule has 1 aromatic rings. The molecule has 0 aliphatic carbocycles. The largest absolute Gasteiger partial charge is 0.252 e. The number of aromatic nitrogens is 3. The molecule has 0 saturated carbocycles. The topological polar surface area (TPSA) is 64.8 Å². The number of hydrogen-bond donors (Lipinski definition) is 0. The summed E-state index contributed by atoms with van der Waals surface area (Å²) in [6, 6.07) is 0. The summed E-state index contributed by atoms with van der Waals surface area (Å²) in [5.74, 6) is 0.158. The van der Waals surface area contributed by atoms with Crippen LogP contribution in [0.1, 0.15) is 31.2 Å². The molecule has 1 rings (SSSR count). The Bertz CT molecular complexity index is 439. The minimum Gasteiger partial charge on any atom is -0.252 e. The molecule has 0 aromatic carbocycles. The summed E-state index contributed by atoms with van der Waals surface area (Å²) in [6.07, 6.45) is 0.313. The van der Waals surface area contributed by atoms with Crippen LogP contribution in [0.25, 0.3) is 0 Å². The van der Waals surface area contributed by atoms with Gasteiger partial charge in [0.1, 0.15) is 0 Å². The highest BCUT2D eigenvalue weighted by atomic mass is 35.7. The van der Waals surface area contributed by atoms with E-state index in [4.69, 9.17) is 10.7 Å². The molecule has 0 fully saturated rings. The highest BCUT2D eigenvalue weighted by Gasteiger charge is 2.16. The maximum absolute atomic E-state index is 10.8. The second-order valence-corrected chi connectivity index (χ2v) is 6.59. The summed E-state index contributed by atoms with van der Waals surface area (Å²) < 4.78 is 23.3. The number of hydrogen-bond acceptors (Lipinski definition) is 4. The van der Waals surface area contributed by atoms with E-state index in [0.717, 1.165) is 5.69 Å². The van der Waals surface area contributed by atoms with Gasteiger partial charge < -0.3 is 0 Å². The third-order valence-electron chi connectivity index (χ3n) is 2.07. The highest BCUT2D eigenvalue weighted by molar-refractivity contribution is 8.13. The van der Waals surface area contributed by atoms with Crippen LogP contribution in [-0.4, -0.2) is 29.2 Å². The summed E-state index contributed by atoms with van der Waals surface area (Å²) in [6.45, 7) is 4.02. The van der Waals surface area contributed by atoms with Gasteiger partial charge in [-0.3, -0.25) is 4.68 Å². The van der Waals surface area contributed by atoms with Gasteiger partial charge in [-0.05, 0) is 5.92 Å². The van der Waals surface area contributed by atoms with Crippen LogP contribution in [0.3, 0.4) is 0 Å². The van der Waals surface area contributed by atoms with Crippen LogP contribution in [0.4, 0.5) is 0 Å². The number of rotatable bonds is 4. The van der Waals surface area contributed by atoms with Gasteiger partial charge in [-0.2, -0.15) is 0 Å². The molecule has 0 unspecified atom stereocenters. The average molecular weight is 252 g/mol. The third kappa shape index (κ3) is 3.46. The first-order chi connectivity index (χ1) is 6.81. The summed E-state index contributed by atoms with van der Waals surface area (Å²) >= 11 is 0. The Morgan fingerprint density at radius 3 is 2.53 bits per heavy atom. The van der Waals surface area contributed by atoms with Crippen LogP contribution in [0, 0.1) is 0 Å². The maximum Gasteiger partial charge on any atom is 0.232 e. The van der Waals surface area contributed by atoms with Crippen molar-refractivity contribution in [1.29, 1.82) is 0 Å². The lowest BCUT2D eigenvalue weighted by atomic mass is 10.1. The zero-order chi connectivity index (χ0) is 11.6. The molecule has 1 aromatic heterocycles. The molecule has 0 spiro atoms. The van der Waals surface area contributed by atoms with Crippen molar-refractivity contribution in [2.24, 2.45) is 7.05 Å². The Labute approximate surface area is 93.8 Å². The predicted octanol–water partition coefficient (Wildman–Crippen LogP) is 1.05. The van der Waals surface area contributed by atoms with E-state index < -0.39 is 9.05 Å². The molecular formula is C8H14ClN3O2S. The van der Waals surface area contributed by atoms with E-state index in [0.29, 0.717) is 12.1 Å². The van der Waals surface area contributed by atoms with Crippen LogP contribution in [0.2, 0.25) is 0 Å². The van der Waals surface area contributed by atoms with Gasteiger partial charge in [-0.1, -0.05) is 19.1 Å². The fourth-order valence-corrected chi connectivity index (χ4v) is 2.18. The van der Waals surface area contributed by atoms with Crippen molar-refractivity contribution in [3.8, 4) is 0 Å². The first-order valence-electron chi connectivity index (χ1n) is 4.62. The van der Waals surface area contributed by atoms with E-state index in [1.807, 2.05) is 13.8 Å². The Hall–Kier alpha value is -0.620. The first-order valence-corrected chi connectivity index (χ1v) is 7.10. The highest BCUT2D eigenvalue weighted by Crippen LogP contribution is 2.17. The van der Waals surface area contributed by atoms with Crippen LogP contribution < -0.4 is 0 Å². The fraction of sp³-hybridized carbons (Fsp3) is 0.750. The van der Waals surface area contributed by atoms with Crippen molar-refractivity contribution in [3.05, 3.63) is 11.4 Å². The molecule has 0 amide bonds. The summed E-state index contributed by atoms with van der Waals surface area (Å²) in [5.41, 5.74) is 1.66. The summed E-state index contributed by atoms with van der Waals surface area (Å²) in [5, 5.41) is 7.80. The van der Waals surface area contributed by atoms with E-state index in [9.17, 15) is 8.42 Å². The molecule has 0 aliphatic rings. The Morgan fingerprint density at radius 2 is 2.07 bits per heavy atom. The van der Waals surface area contributed by atoms with Gasteiger partial charge in [-0.15, -0.1) is 5.10 Å². The lowest BCUT2D eigenvalue weighted by Crippen LogP contribution is -2.06. The van der Waals surface area contributed by atoms with Crippen LogP contribution in [0.5, 0.6) is 0 Å². The van der Waals surface area contributed by atoms with Crippen molar-refractivity contribution in [2.45, 2.75) is 26.2 Å². The number of nitrogens with zero attached hydrogens (tertiary/aromatic N) is 3. The van der Waals surface area contributed by atoms with E-state index in [1.54, 1.807) is 11.7 Å². The monoisotopic (exact) mass is 251 g/mol. The van der Waals surface area contributed by atoms with Crippen LogP contribution in [-0.2, 0) is 22.5 Å². The van der Waals surface area contributed by atoms with Crippen molar-refractivity contribution in [1.82, 2.24) is 15.0 Å². The van der Waals surface area contributed by atoms with Gasteiger partial charge in [0, 0.05) is 24.2 Å². The molecule has 0 aliphatic heterocycles. The van der Waals surface area contributed by atoms with Crippen LogP contribution >= 0.6 is 10.7 Å². The van der Waals surface area contributed by atoms with Gasteiger partial charge in [0.05, 0.1) is 17.1 Å². The van der Waals surface area contributed by atoms with E-state index in [-0.39, 0.29) is 11.7 Å². The van der Waals surface area contributed by atoms with Crippen molar-refractivity contribution < 1.29 is 8.42 Å². The summed E-state index contributed by atoms with van der Waals surface area (Å²) in [7, 11) is 3.47. The molecule has 0 atom stereocenters. The molecule has 1 heterocycles. The molecule has 86 valence electrons. The van der Waals surface area contributed by atoms with Gasteiger partial charge >= 0.3 is 0 Å². The lowest BCUT2D eigenvalue weighted by Gasteiger charge is -2.06. The molecular weight excluding hydrogens is 238 g/mol. The van der Waals surface area contributed by atoms with Crippen LogP contribution in [0.15, 0.2) is 0 Å². The number of aryl methyl sites for hydroxylation is 2. The first kappa shape index (κ1) is 12.4. The Morgan fingerprint density at radius 1 is 1.47 bits per heavy atom. The minimum atomic E-state index is -3.46. The third-order valence-corrected chi connectivity index (χ3v) is 3.23. The van der Waals surface area contributed by atoms with Crippen molar-refractivity contribution in [2.75, 3.05) is 5.75 Å². The van der Waals surface area contributed by atoms with E-state index in [2.05, 4.69) is 10.3 Å². The normalized spacial score (nSPS) is 12.3. The molecule has 0 saturated heterocycles. The predicted molar refractivity (Wildman–Crippen MR) is 58.4 cm³/mol. The molecule has 7 heteroatoms. The smallest absolute Gasteiger partial charge is 0.232 e. The minimum absolute atomic E-state index is 0.104. The van der Waals surface area contributed by atoms with E-state index in [1.165, 1.54) is 0 Å². The summed E-state index contributed by atoms with van der Waals surface area (Å²) in [4.78, 5) is 0. The standard InChI is InChI=1S/C8H14ClN3O2S/c1-6(2)8-7(10-11-12(8)3)4-5-15(9,13)14/h6H,4-5H2,1-3H3. The van der Waals surface area contributed by atoms with Gasteiger partial charge in [0.15, 0.2) is 0 Å². The molecule has 0 N–H and O–H groups in total. The Balaban J connectivity index is 2.87. The quantitative estimate of drug-likeness (QED) is 0.751. The maximum atomic E-state index is 10.8. The second kappa shape index (κ2) is 4.49. The van der Waals surface area contributed by atoms with Crippen molar-refractivity contribution in [3.63, 3.8) is 0 Å². The molecule has 0 bridgehead atoms. The molecule has 5 nitrogen and oxygen atoms in total. The molecule has 0 radical (unpaired) electrons. The zero-order valence-electron chi connectivity index (χ0n) is 8.94. The number of halogens is 1. The van der Waals surface area contributed by atoms with Gasteiger partial charge in [0.25, 0.3) is 0 Å². The zero-order valence-corrected chi connectivity index (χ0v) is 10.5. The van der Waals surface area contributed by atoms with Gasteiger partial charge in [0.2, 0.25) is 9.05 Å². The van der Waals surface area contributed by atoms with Crippen molar-refractivity contribution >= 4 is 19.7 Å². The van der Waals surface area contributed by atoms with Gasteiger partial charge in [-0.25, -0.2) is 8.42 Å². The van der Waals surface area contributed by atoms with E-state index >= 15 is 0 Å². The molecule has 15 heavy (non-hydrogen) atoms.